The second-order valence-electron chi connectivity index (χ2n) is 6.95. The number of imidazole rings is 1. The fraction of sp³-hybridized carbons (Fsp3) is 0.526. The maximum atomic E-state index is 4.29. The molecule has 0 bridgehead atoms. The number of aryl methyl sites for hydroxylation is 3. The van der Waals surface area contributed by atoms with Gasteiger partial charge in [0.15, 0.2) is 0 Å². The Labute approximate surface area is 133 Å². The highest BCUT2D eigenvalue weighted by Crippen LogP contribution is 2.39. The van der Waals surface area contributed by atoms with Crippen molar-refractivity contribution in [2.45, 2.75) is 64.6 Å². The van der Waals surface area contributed by atoms with E-state index in [9.17, 15) is 0 Å². The van der Waals surface area contributed by atoms with Crippen LogP contribution in [0, 0.1) is 13.8 Å². The van der Waals surface area contributed by atoms with Crippen molar-refractivity contribution in [3.63, 3.8) is 0 Å². The van der Waals surface area contributed by atoms with Gasteiger partial charge in [0, 0.05) is 30.5 Å². The first kappa shape index (κ1) is 15.3. The summed E-state index contributed by atoms with van der Waals surface area (Å²) in [4.78, 5) is 4.29. The first-order chi connectivity index (χ1) is 10.6. The van der Waals surface area contributed by atoms with E-state index in [4.69, 9.17) is 0 Å². The standard InChI is InChI=1S/C19H27N3/c1-15-5-4-6-18(13-15)14-19(8-9-19)21-16(2)7-11-22-12-10-20-17(22)3/h4-6,10,12-13,16,21H,7-9,11,14H2,1-3H3/t16-/m0/s1. The Morgan fingerprint density at radius 1 is 1.32 bits per heavy atom. The van der Waals surface area contributed by atoms with Gasteiger partial charge in [-0.3, -0.25) is 0 Å². The molecular weight excluding hydrogens is 270 g/mol. The molecule has 0 unspecified atom stereocenters. The first-order valence-corrected chi connectivity index (χ1v) is 8.37. The summed E-state index contributed by atoms with van der Waals surface area (Å²) in [6.07, 6.45) is 8.86. The molecule has 1 atom stereocenters. The zero-order chi connectivity index (χ0) is 15.6. The molecule has 1 aliphatic carbocycles. The van der Waals surface area contributed by atoms with Crippen molar-refractivity contribution in [3.05, 3.63) is 53.6 Å². The molecule has 0 saturated heterocycles. The number of benzene rings is 1. The third-order valence-corrected chi connectivity index (χ3v) is 4.76. The average Bonchev–Trinajstić information content (AvgIpc) is 3.08. The highest BCUT2D eigenvalue weighted by Gasteiger charge is 2.42. The minimum absolute atomic E-state index is 0.344. The summed E-state index contributed by atoms with van der Waals surface area (Å²) in [5, 5.41) is 3.88. The van der Waals surface area contributed by atoms with Crippen LogP contribution in [0.2, 0.25) is 0 Å². The largest absolute Gasteiger partial charge is 0.335 e. The van der Waals surface area contributed by atoms with Crippen molar-refractivity contribution in [2.24, 2.45) is 0 Å². The van der Waals surface area contributed by atoms with Gasteiger partial charge in [0.2, 0.25) is 0 Å². The van der Waals surface area contributed by atoms with Gasteiger partial charge in [0.1, 0.15) is 5.82 Å². The molecule has 3 rings (SSSR count). The van der Waals surface area contributed by atoms with Crippen LogP contribution in [-0.2, 0) is 13.0 Å². The highest BCUT2D eigenvalue weighted by molar-refractivity contribution is 5.26. The molecule has 22 heavy (non-hydrogen) atoms. The van der Waals surface area contributed by atoms with Gasteiger partial charge in [-0.2, -0.15) is 0 Å². The second kappa shape index (κ2) is 6.25. The topological polar surface area (TPSA) is 29.9 Å². The van der Waals surface area contributed by atoms with E-state index in [0.717, 1.165) is 25.2 Å². The van der Waals surface area contributed by atoms with Gasteiger partial charge in [0.25, 0.3) is 0 Å². The van der Waals surface area contributed by atoms with Crippen LogP contribution in [0.15, 0.2) is 36.7 Å². The lowest BCUT2D eigenvalue weighted by Crippen LogP contribution is -2.40. The SMILES string of the molecule is Cc1cccc(CC2(N[C@@H](C)CCn3ccnc3C)CC2)c1. The van der Waals surface area contributed by atoms with E-state index in [0.29, 0.717) is 11.6 Å². The van der Waals surface area contributed by atoms with Gasteiger partial charge in [-0.1, -0.05) is 29.8 Å². The Hall–Kier alpha value is -1.61. The van der Waals surface area contributed by atoms with Gasteiger partial charge < -0.3 is 9.88 Å². The first-order valence-electron chi connectivity index (χ1n) is 8.37. The van der Waals surface area contributed by atoms with Crippen molar-refractivity contribution < 1.29 is 0 Å². The molecule has 0 amide bonds. The Balaban J connectivity index is 1.52. The third-order valence-electron chi connectivity index (χ3n) is 4.76. The monoisotopic (exact) mass is 297 g/mol. The summed E-state index contributed by atoms with van der Waals surface area (Å²) in [6, 6.07) is 9.46. The number of nitrogens with one attached hydrogen (secondary N) is 1. The molecule has 1 fully saturated rings. The Kier molecular flexibility index (Phi) is 4.34. The molecule has 3 nitrogen and oxygen atoms in total. The maximum absolute atomic E-state index is 4.29. The summed E-state index contributed by atoms with van der Waals surface area (Å²) in [5.74, 6) is 1.10. The van der Waals surface area contributed by atoms with Crippen LogP contribution >= 0.6 is 0 Å². The normalized spacial score (nSPS) is 17.4. The van der Waals surface area contributed by atoms with Crippen LogP contribution in [0.25, 0.3) is 0 Å². The molecule has 3 heteroatoms. The van der Waals surface area contributed by atoms with E-state index in [1.165, 1.54) is 24.0 Å². The van der Waals surface area contributed by atoms with Crippen LogP contribution < -0.4 is 5.32 Å². The van der Waals surface area contributed by atoms with E-state index in [1.54, 1.807) is 0 Å². The van der Waals surface area contributed by atoms with Crippen molar-refractivity contribution >= 4 is 0 Å². The lowest BCUT2D eigenvalue weighted by atomic mass is 10.0. The van der Waals surface area contributed by atoms with E-state index in [-0.39, 0.29) is 0 Å². The van der Waals surface area contributed by atoms with Crippen LogP contribution in [0.3, 0.4) is 0 Å². The Bertz CT molecular complexity index is 625. The molecule has 118 valence electrons. The van der Waals surface area contributed by atoms with Gasteiger partial charge in [-0.05, 0) is 52.0 Å². The highest BCUT2D eigenvalue weighted by atomic mass is 15.1. The molecule has 0 aliphatic heterocycles. The van der Waals surface area contributed by atoms with Crippen LogP contribution in [0.1, 0.15) is 43.1 Å². The molecule has 1 heterocycles. The second-order valence-corrected chi connectivity index (χ2v) is 6.95. The van der Waals surface area contributed by atoms with E-state index in [2.05, 4.69) is 66.1 Å². The number of nitrogens with zero attached hydrogens (tertiary/aromatic N) is 2. The van der Waals surface area contributed by atoms with E-state index < -0.39 is 0 Å². The quantitative estimate of drug-likeness (QED) is 0.845. The number of rotatable bonds is 7. The molecule has 1 saturated carbocycles. The zero-order valence-corrected chi connectivity index (χ0v) is 14.0. The van der Waals surface area contributed by atoms with Crippen LogP contribution in [0.4, 0.5) is 0 Å². The average molecular weight is 297 g/mol. The molecular formula is C19H27N3. The minimum atomic E-state index is 0.344. The van der Waals surface area contributed by atoms with Crippen molar-refractivity contribution in [1.29, 1.82) is 0 Å². The number of hydrogen-bond donors (Lipinski definition) is 1. The summed E-state index contributed by atoms with van der Waals surface area (Å²) < 4.78 is 2.23. The number of aromatic nitrogens is 2. The lowest BCUT2D eigenvalue weighted by Gasteiger charge is -2.23. The van der Waals surface area contributed by atoms with Gasteiger partial charge in [0.05, 0.1) is 0 Å². The molecule has 1 aromatic carbocycles. The fourth-order valence-corrected chi connectivity index (χ4v) is 3.30. The van der Waals surface area contributed by atoms with Crippen LogP contribution in [0.5, 0.6) is 0 Å². The van der Waals surface area contributed by atoms with Crippen molar-refractivity contribution in [3.8, 4) is 0 Å². The number of hydrogen-bond acceptors (Lipinski definition) is 2. The molecule has 1 aromatic heterocycles. The lowest BCUT2D eigenvalue weighted by molar-refractivity contribution is 0.392. The molecule has 0 radical (unpaired) electrons. The summed E-state index contributed by atoms with van der Waals surface area (Å²) in [6.45, 7) is 7.59. The van der Waals surface area contributed by atoms with Gasteiger partial charge in [-0.25, -0.2) is 4.98 Å². The molecule has 0 spiro atoms. The van der Waals surface area contributed by atoms with E-state index in [1.807, 2.05) is 6.20 Å². The summed E-state index contributed by atoms with van der Waals surface area (Å²) in [7, 11) is 0. The van der Waals surface area contributed by atoms with E-state index >= 15 is 0 Å². The third kappa shape index (κ3) is 3.77. The van der Waals surface area contributed by atoms with Gasteiger partial charge >= 0.3 is 0 Å². The minimum Gasteiger partial charge on any atom is -0.335 e. The maximum Gasteiger partial charge on any atom is 0.105 e. The Morgan fingerprint density at radius 2 is 2.14 bits per heavy atom. The smallest absolute Gasteiger partial charge is 0.105 e. The van der Waals surface area contributed by atoms with Crippen molar-refractivity contribution in [1.82, 2.24) is 14.9 Å². The predicted octanol–water partition coefficient (Wildman–Crippen LogP) is 3.64. The zero-order valence-electron chi connectivity index (χ0n) is 14.0. The predicted molar refractivity (Wildman–Crippen MR) is 91.0 cm³/mol. The van der Waals surface area contributed by atoms with Gasteiger partial charge in [-0.15, -0.1) is 0 Å². The summed E-state index contributed by atoms with van der Waals surface area (Å²) >= 11 is 0. The summed E-state index contributed by atoms with van der Waals surface area (Å²) in [5.41, 5.74) is 3.16. The van der Waals surface area contributed by atoms with Crippen LogP contribution in [-0.4, -0.2) is 21.1 Å². The fourth-order valence-electron chi connectivity index (χ4n) is 3.30. The molecule has 2 aromatic rings. The van der Waals surface area contributed by atoms with Crippen molar-refractivity contribution in [2.75, 3.05) is 0 Å². The molecule has 1 N–H and O–H groups in total. The molecule has 1 aliphatic rings. The Morgan fingerprint density at radius 3 is 2.77 bits per heavy atom.